The Kier molecular flexibility index (Phi) is 6.60. The monoisotopic (exact) mass is 313 g/mol. The zero-order valence-corrected chi connectivity index (χ0v) is 13.7. The van der Waals surface area contributed by atoms with Crippen LogP contribution in [-0.4, -0.2) is 24.7 Å². The number of methoxy groups -OCH3 is 1. The Labute approximate surface area is 137 Å². The number of carbonyl (C=O) groups excluding carboxylic acids is 1. The van der Waals surface area contributed by atoms with E-state index in [0.29, 0.717) is 5.69 Å². The van der Waals surface area contributed by atoms with Crippen LogP contribution < -0.4 is 4.74 Å². The molecule has 0 aliphatic rings. The van der Waals surface area contributed by atoms with Crippen molar-refractivity contribution >= 4 is 5.97 Å². The SMILES string of the molecule is CCCCCCOc1ccc(-c2cccc(C(=O)OC)n2)cc1. The van der Waals surface area contributed by atoms with Gasteiger partial charge in [-0.15, -0.1) is 0 Å². The van der Waals surface area contributed by atoms with Crippen LogP contribution >= 0.6 is 0 Å². The number of aromatic nitrogens is 1. The highest BCUT2D eigenvalue weighted by atomic mass is 16.5. The molecule has 2 aromatic rings. The molecule has 0 N–H and O–H groups in total. The van der Waals surface area contributed by atoms with Crippen LogP contribution in [0.4, 0.5) is 0 Å². The van der Waals surface area contributed by atoms with Crippen LogP contribution in [-0.2, 0) is 4.74 Å². The minimum Gasteiger partial charge on any atom is -0.494 e. The van der Waals surface area contributed by atoms with E-state index in [1.165, 1.54) is 26.4 Å². The predicted octanol–water partition coefficient (Wildman–Crippen LogP) is 4.49. The number of nitrogens with zero attached hydrogens (tertiary/aromatic N) is 1. The van der Waals surface area contributed by atoms with Crippen LogP contribution in [0.5, 0.6) is 5.75 Å². The van der Waals surface area contributed by atoms with Gasteiger partial charge >= 0.3 is 5.97 Å². The summed E-state index contributed by atoms with van der Waals surface area (Å²) in [6.07, 6.45) is 4.77. The van der Waals surface area contributed by atoms with Gasteiger partial charge in [-0.25, -0.2) is 9.78 Å². The fourth-order valence-corrected chi connectivity index (χ4v) is 2.25. The average molecular weight is 313 g/mol. The Morgan fingerprint density at radius 3 is 2.52 bits per heavy atom. The standard InChI is InChI=1S/C19H23NO3/c1-3-4-5-6-14-23-16-12-10-15(11-13-16)17-8-7-9-18(20-17)19(21)22-2/h7-13H,3-6,14H2,1-2H3. The highest BCUT2D eigenvalue weighted by molar-refractivity contribution is 5.87. The molecular formula is C19H23NO3. The lowest BCUT2D eigenvalue weighted by atomic mass is 10.1. The molecule has 0 fully saturated rings. The third kappa shape index (κ3) is 5.09. The number of carbonyl (C=O) groups is 1. The normalized spacial score (nSPS) is 10.3. The molecule has 0 aliphatic carbocycles. The maximum absolute atomic E-state index is 11.5. The van der Waals surface area contributed by atoms with Crippen LogP contribution in [0, 0.1) is 0 Å². The molecule has 0 saturated carbocycles. The van der Waals surface area contributed by atoms with Crippen molar-refractivity contribution in [1.82, 2.24) is 4.98 Å². The summed E-state index contributed by atoms with van der Waals surface area (Å²) in [6.45, 7) is 2.94. The lowest BCUT2D eigenvalue weighted by Gasteiger charge is -2.07. The maximum Gasteiger partial charge on any atom is 0.356 e. The molecule has 0 bridgehead atoms. The summed E-state index contributed by atoms with van der Waals surface area (Å²) in [6, 6.07) is 13.1. The second-order valence-corrected chi connectivity index (χ2v) is 5.33. The van der Waals surface area contributed by atoms with E-state index in [1.54, 1.807) is 12.1 Å². The summed E-state index contributed by atoms with van der Waals surface area (Å²) >= 11 is 0. The fraction of sp³-hybridized carbons (Fsp3) is 0.368. The minimum absolute atomic E-state index is 0.307. The first-order valence-corrected chi connectivity index (χ1v) is 8.03. The number of ether oxygens (including phenoxy) is 2. The molecule has 0 saturated heterocycles. The Morgan fingerprint density at radius 1 is 1.04 bits per heavy atom. The fourth-order valence-electron chi connectivity index (χ4n) is 2.25. The van der Waals surface area contributed by atoms with E-state index in [9.17, 15) is 4.79 Å². The number of hydrogen-bond acceptors (Lipinski definition) is 4. The molecule has 0 aliphatic heterocycles. The van der Waals surface area contributed by atoms with Gasteiger partial charge in [-0.05, 0) is 42.8 Å². The van der Waals surface area contributed by atoms with Crippen LogP contribution in [0.15, 0.2) is 42.5 Å². The van der Waals surface area contributed by atoms with Gasteiger partial charge in [0.05, 0.1) is 19.4 Å². The molecule has 0 radical (unpaired) electrons. The lowest BCUT2D eigenvalue weighted by molar-refractivity contribution is 0.0594. The summed E-state index contributed by atoms with van der Waals surface area (Å²) in [5.74, 6) is 0.424. The zero-order chi connectivity index (χ0) is 16.5. The third-order valence-electron chi connectivity index (χ3n) is 3.56. The minimum atomic E-state index is -0.432. The zero-order valence-electron chi connectivity index (χ0n) is 13.7. The van der Waals surface area contributed by atoms with Crippen molar-refractivity contribution in [2.24, 2.45) is 0 Å². The van der Waals surface area contributed by atoms with E-state index < -0.39 is 5.97 Å². The first-order valence-electron chi connectivity index (χ1n) is 8.03. The van der Waals surface area contributed by atoms with Crippen molar-refractivity contribution < 1.29 is 14.3 Å². The van der Waals surface area contributed by atoms with Crippen LogP contribution in [0.25, 0.3) is 11.3 Å². The molecular weight excluding hydrogens is 290 g/mol. The van der Waals surface area contributed by atoms with Gasteiger partial charge in [-0.1, -0.05) is 32.3 Å². The van der Waals surface area contributed by atoms with E-state index in [0.717, 1.165) is 30.0 Å². The van der Waals surface area contributed by atoms with Gasteiger partial charge in [0.1, 0.15) is 11.4 Å². The van der Waals surface area contributed by atoms with Gasteiger partial charge in [-0.2, -0.15) is 0 Å². The van der Waals surface area contributed by atoms with Crippen molar-refractivity contribution in [3.8, 4) is 17.0 Å². The summed E-state index contributed by atoms with van der Waals surface area (Å²) < 4.78 is 10.4. The van der Waals surface area contributed by atoms with E-state index in [-0.39, 0.29) is 0 Å². The smallest absolute Gasteiger partial charge is 0.356 e. The molecule has 0 spiro atoms. The second kappa shape index (κ2) is 8.93. The van der Waals surface area contributed by atoms with Crippen LogP contribution in [0.1, 0.15) is 43.1 Å². The summed E-state index contributed by atoms with van der Waals surface area (Å²) in [5.41, 5.74) is 1.98. The Morgan fingerprint density at radius 2 is 1.83 bits per heavy atom. The molecule has 122 valence electrons. The van der Waals surface area contributed by atoms with Crippen molar-refractivity contribution in [1.29, 1.82) is 0 Å². The van der Waals surface area contributed by atoms with Crippen molar-refractivity contribution in [3.05, 3.63) is 48.2 Å². The quantitative estimate of drug-likeness (QED) is 0.532. The van der Waals surface area contributed by atoms with Crippen molar-refractivity contribution in [2.75, 3.05) is 13.7 Å². The first-order chi connectivity index (χ1) is 11.2. The summed E-state index contributed by atoms with van der Waals surface area (Å²) in [4.78, 5) is 15.9. The molecule has 4 nitrogen and oxygen atoms in total. The Balaban J connectivity index is 1.98. The van der Waals surface area contributed by atoms with Crippen molar-refractivity contribution in [2.45, 2.75) is 32.6 Å². The summed E-state index contributed by atoms with van der Waals surface area (Å²) in [7, 11) is 1.35. The summed E-state index contributed by atoms with van der Waals surface area (Å²) in [5, 5.41) is 0. The Bertz CT molecular complexity index is 623. The molecule has 23 heavy (non-hydrogen) atoms. The molecule has 0 unspecified atom stereocenters. The molecule has 0 atom stereocenters. The van der Waals surface area contributed by atoms with Crippen molar-refractivity contribution in [3.63, 3.8) is 0 Å². The van der Waals surface area contributed by atoms with Gasteiger partial charge < -0.3 is 9.47 Å². The topological polar surface area (TPSA) is 48.4 Å². The molecule has 2 rings (SSSR count). The Hall–Kier alpha value is -2.36. The van der Waals surface area contributed by atoms with E-state index in [2.05, 4.69) is 11.9 Å². The number of unbranched alkanes of at least 4 members (excludes halogenated alkanes) is 3. The van der Waals surface area contributed by atoms with E-state index in [1.807, 2.05) is 30.3 Å². The number of rotatable bonds is 8. The highest BCUT2D eigenvalue weighted by Crippen LogP contribution is 2.21. The van der Waals surface area contributed by atoms with Gasteiger partial charge in [0.15, 0.2) is 0 Å². The van der Waals surface area contributed by atoms with Gasteiger partial charge in [0.2, 0.25) is 0 Å². The first kappa shape index (κ1) is 17.0. The molecule has 1 aromatic heterocycles. The average Bonchev–Trinajstić information content (AvgIpc) is 2.61. The molecule has 0 amide bonds. The number of benzene rings is 1. The third-order valence-corrected chi connectivity index (χ3v) is 3.56. The predicted molar refractivity (Wildman–Crippen MR) is 90.6 cm³/mol. The number of pyridine rings is 1. The number of hydrogen-bond donors (Lipinski definition) is 0. The van der Waals surface area contributed by atoms with Gasteiger partial charge in [0.25, 0.3) is 0 Å². The van der Waals surface area contributed by atoms with Gasteiger partial charge in [-0.3, -0.25) is 0 Å². The highest BCUT2D eigenvalue weighted by Gasteiger charge is 2.08. The molecule has 1 heterocycles. The number of esters is 1. The largest absolute Gasteiger partial charge is 0.494 e. The van der Waals surface area contributed by atoms with Crippen LogP contribution in [0.2, 0.25) is 0 Å². The van der Waals surface area contributed by atoms with Crippen LogP contribution in [0.3, 0.4) is 0 Å². The lowest BCUT2D eigenvalue weighted by Crippen LogP contribution is -2.04. The molecule has 1 aromatic carbocycles. The van der Waals surface area contributed by atoms with E-state index in [4.69, 9.17) is 9.47 Å². The molecule has 4 heteroatoms. The maximum atomic E-state index is 11.5. The second-order valence-electron chi connectivity index (χ2n) is 5.33. The van der Waals surface area contributed by atoms with E-state index >= 15 is 0 Å². The van der Waals surface area contributed by atoms with Gasteiger partial charge in [0, 0.05) is 5.56 Å².